The van der Waals surface area contributed by atoms with Crippen molar-refractivity contribution in [2.75, 3.05) is 31.6 Å². The average molecular weight is 305 g/mol. The summed E-state index contributed by atoms with van der Waals surface area (Å²) in [6, 6.07) is 0.0631. The number of nitrogens with one attached hydrogen (secondary N) is 1. The maximum Gasteiger partial charge on any atom is 0.224 e. The molecule has 1 atom stereocenters. The fraction of sp³-hybridized carbons (Fsp3) is 0.667. The summed E-state index contributed by atoms with van der Waals surface area (Å²) in [6.07, 6.45) is 6.35. The molecule has 1 aliphatic rings. The van der Waals surface area contributed by atoms with Crippen molar-refractivity contribution in [3.63, 3.8) is 0 Å². The molecule has 1 unspecified atom stereocenters. The number of nitrogens with zero attached hydrogens (tertiary/aromatic N) is 3. The SMILES string of the molecule is CSCCC(=O)N1CCNCC1c1nccn1C.Cl. The predicted octanol–water partition coefficient (Wildman–Crippen LogP) is 1.07. The zero-order chi connectivity index (χ0) is 13.0. The minimum Gasteiger partial charge on any atom is -0.336 e. The lowest BCUT2D eigenvalue weighted by Gasteiger charge is -2.35. The van der Waals surface area contributed by atoms with Crippen LogP contribution in [0.15, 0.2) is 12.4 Å². The Balaban J connectivity index is 0.00000180. The number of hydrogen-bond donors (Lipinski definition) is 1. The Hall–Kier alpha value is -0.720. The molecule has 0 spiro atoms. The first-order valence-electron chi connectivity index (χ1n) is 6.20. The lowest BCUT2D eigenvalue weighted by molar-refractivity contribution is -0.134. The molecule has 2 heterocycles. The molecule has 19 heavy (non-hydrogen) atoms. The third-order valence-electron chi connectivity index (χ3n) is 3.24. The van der Waals surface area contributed by atoms with Crippen LogP contribution >= 0.6 is 24.2 Å². The van der Waals surface area contributed by atoms with E-state index in [2.05, 4.69) is 10.3 Å². The van der Waals surface area contributed by atoms with Crippen LogP contribution in [0.4, 0.5) is 0 Å². The molecule has 0 saturated carbocycles. The fourth-order valence-corrected chi connectivity index (χ4v) is 2.64. The topological polar surface area (TPSA) is 50.2 Å². The molecule has 7 heteroatoms. The highest BCUT2D eigenvalue weighted by atomic mass is 35.5. The number of aromatic nitrogens is 2. The number of halogens is 1. The Bertz CT molecular complexity index is 412. The monoisotopic (exact) mass is 304 g/mol. The number of imidazole rings is 1. The lowest BCUT2D eigenvalue weighted by atomic mass is 10.1. The first kappa shape index (κ1) is 16.3. The molecule has 2 rings (SSSR count). The molecule has 0 aromatic carbocycles. The Morgan fingerprint density at radius 3 is 3.05 bits per heavy atom. The summed E-state index contributed by atoms with van der Waals surface area (Å²) in [6.45, 7) is 2.42. The van der Waals surface area contributed by atoms with E-state index < -0.39 is 0 Å². The molecular formula is C12H21ClN4OS. The Labute approximate surface area is 124 Å². The zero-order valence-electron chi connectivity index (χ0n) is 11.3. The average Bonchev–Trinajstić information content (AvgIpc) is 2.82. The van der Waals surface area contributed by atoms with Gasteiger partial charge in [0.1, 0.15) is 11.9 Å². The largest absolute Gasteiger partial charge is 0.336 e. The minimum atomic E-state index is 0. The van der Waals surface area contributed by atoms with E-state index in [1.54, 1.807) is 18.0 Å². The van der Waals surface area contributed by atoms with Crippen LogP contribution in [-0.2, 0) is 11.8 Å². The summed E-state index contributed by atoms with van der Waals surface area (Å²) >= 11 is 1.71. The molecule has 5 nitrogen and oxygen atoms in total. The van der Waals surface area contributed by atoms with Crippen molar-refractivity contribution in [3.05, 3.63) is 18.2 Å². The van der Waals surface area contributed by atoms with Crippen molar-refractivity contribution in [1.29, 1.82) is 0 Å². The Morgan fingerprint density at radius 2 is 2.42 bits per heavy atom. The van der Waals surface area contributed by atoms with Gasteiger partial charge in [-0.25, -0.2) is 4.98 Å². The number of hydrogen-bond acceptors (Lipinski definition) is 4. The second kappa shape index (κ2) is 7.77. The van der Waals surface area contributed by atoms with Crippen LogP contribution in [0.3, 0.4) is 0 Å². The van der Waals surface area contributed by atoms with Crippen LogP contribution in [0.2, 0.25) is 0 Å². The molecule has 1 aliphatic heterocycles. The summed E-state index contributed by atoms with van der Waals surface area (Å²) in [5, 5.41) is 3.34. The van der Waals surface area contributed by atoms with Gasteiger partial charge >= 0.3 is 0 Å². The van der Waals surface area contributed by atoms with Crippen molar-refractivity contribution >= 4 is 30.1 Å². The van der Waals surface area contributed by atoms with Gasteiger partial charge in [0.15, 0.2) is 0 Å². The van der Waals surface area contributed by atoms with Gasteiger partial charge in [0.25, 0.3) is 0 Å². The Kier molecular flexibility index (Phi) is 6.68. The van der Waals surface area contributed by atoms with Crippen LogP contribution in [0.5, 0.6) is 0 Å². The summed E-state index contributed by atoms with van der Waals surface area (Å²) in [4.78, 5) is 18.6. The van der Waals surface area contributed by atoms with Gasteiger partial charge < -0.3 is 14.8 Å². The number of carbonyl (C=O) groups is 1. The summed E-state index contributed by atoms with van der Waals surface area (Å²) in [5.74, 6) is 2.08. The number of thioether (sulfide) groups is 1. The number of aryl methyl sites for hydroxylation is 1. The molecule has 0 aliphatic carbocycles. The summed E-state index contributed by atoms with van der Waals surface area (Å²) < 4.78 is 1.99. The van der Waals surface area contributed by atoms with E-state index in [1.165, 1.54) is 0 Å². The lowest BCUT2D eigenvalue weighted by Crippen LogP contribution is -2.49. The number of piperazine rings is 1. The smallest absolute Gasteiger partial charge is 0.224 e. The Morgan fingerprint density at radius 1 is 1.63 bits per heavy atom. The van der Waals surface area contributed by atoms with Gasteiger partial charge in [-0.15, -0.1) is 12.4 Å². The van der Waals surface area contributed by atoms with E-state index in [4.69, 9.17) is 0 Å². The predicted molar refractivity (Wildman–Crippen MR) is 80.8 cm³/mol. The van der Waals surface area contributed by atoms with Crippen molar-refractivity contribution in [2.45, 2.75) is 12.5 Å². The molecule has 1 saturated heterocycles. The third-order valence-corrected chi connectivity index (χ3v) is 3.85. The standard InChI is InChI=1S/C12H20N4OS.ClH/c1-15-6-5-14-12(15)10-9-13-4-7-16(10)11(17)3-8-18-2;/h5-6,10,13H,3-4,7-9H2,1-2H3;1H. The molecule has 1 aromatic rings. The van der Waals surface area contributed by atoms with Crippen molar-refractivity contribution in [2.24, 2.45) is 7.05 Å². The second-order valence-electron chi connectivity index (χ2n) is 4.45. The van der Waals surface area contributed by atoms with Gasteiger partial charge in [-0.05, 0) is 6.26 Å². The van der Waals surface area contributed by atoms with E-state index in [-0.39, 0.29) is 24.4 Å². The molecule has 1 aromatic heterocycles. The highest BCUT2D eigenvalue weighted by molar-refractivity contribution is 7.98. The van der Waals surface area contributed by atoms with Crippen molar-refractivity contribution in [1.82, 2.24) is 19.8 Å². The van der Waals surface area contributed by atoms with Gasteiger partial charge in [0, 0.05) is 51.2 Å². The van der Waals surface area contributed by atoms with Crippen LogP contribution in [0.25, 0.3) is 0 Å². The summed E-state index contributed by atoms with van der Waals surface area (Å²) in [7, 11) is 1.97. The number of rotatable bonds is 4. The molecule has 108 valence electrons. The first-order valence-corrected chi connectivity index (χ1v) is 7.59. The first-order chi connectivity index (χ1) is 8.74. The van der Waals surface area contributed by atoms with E-state index in [1.807, 2.05) is 29.0 Å². The molecule has 1 amide bonds. The normalized spacial score (nSPS) is 19.1. The van der Waals surface area contributed by atoms with E-state index in [0.717, 1.165) is 31.2 Å². The van der Waals surface area contributed by atoms with Crippen molar-refractivity contribution in [3.8, 4) is 0 Å². The molecule has 0 bridgehead atoms. The number of carbonyl (C=O) groups excluding carboxylic acids is 1. The third kappa shape index (κ3) is 3.87. The van der Waals surface area contributed by atoms with Crippen LogP contribution in [0.1, 0.15) is 18.3 Å². The van der Waals surface area contributed by atoms with Gasteiger partial charge in [-0.2, -0.15) is 11.8 Å². The van der Waals surface area contributed by atoms with E-state index in [9.17, 15) is 4.79 Å². The molecular weight excluding hydrogens is 284 g/mol. The molecule has 0 radical (unpaired) electrons. The van der Waals surface area contributed by atoms with Gasteiger partial charge in [-0.1, -0.05) is 0 Å². The van der Waals surface area contributed by atoms with E-state index >= 15 is 0 Å². The summed E-state index contributed by atoms with van der Waals surface area (Å²) in [5.41, 5.74) is 0. The van der Waals surface area contributed by atoms with Crippen LogP contribution < -0.4 is 5.32 Å². The second-order valence-corrected chi connectivity index (χ2v) is 5.43. The van der Waals surface area contributed by atoms with Crippen LogP contribution in [0, 0.1) is 0 Å². The maximum absolute atomic E-state index is 12.2. The fourth-order valence-electron chi connectivity index (χ4n) is 2.26. The van der Waals surface area contributed by atoms with Crippen molar-refractivity contribution < 1.29 is 4.79 Å². The quantitative estimate of drug-likeness (QED) is 0.904. The van der Waals surface area contributed by atoms with Gasteiger partial charge in [0.2, 0.25) is 5.91 Å². The van der Waals surface area contributed by atoms with Gasteiger partial charge in [-0.3, -0.25) is 4.79 Å². The van der Waals surface area contributed by atoms with Crippen LogP contribution in [-0.4, -0.2) is 52.0 Å². The maximum atomic E-state index is 12.2. The number of amides is 1. The minimum absolute atomic E-state index is 0. The molecule has 1 fully saturated rings. The zero-order valence-corrected chi connectivity index (χ0v) is 13.0. The van der Waals surface area contributed by atoms with Gasteiger partial charge in [0.05, 0.1) is 0 Å². The van der Waals surface area contributed by atoms with E-state index in [0.29, 0.717) is 6.42 Å². The highest BCUT2D eigenvalue weighted by Gasteiger charge is 2.29. The highest BCUT2D eigenvalue weighted by Crippen LogP contribution is 2.21. The molecule has 1 N–H and O–H groups in total.